The topological polar surface area (TPSA) is 66.9 Å². The second kappa shape index (κ2) is 7.06. The number of nitrogens with zero attached hydrogens (tertiary/aromatic N) is 2. The lowest BCUT2D eigenvalue weighted by molar-refractivity contribution is 0.102. The minimum absolute atomic E-state index is 0.152. The highest BCUT2D eigenvalue weighted by Gasteiger charge is 2.10. The van der Waals surface area contributed by atoms with E-state index in [1.54, 1.807) is 36.4 Å². The molecule has 0 aliphatic rings. The summed E-state index contributed by atoms with van der Waals surface area (Å²) in [4.78, 5) is 20.3. The Balaban J connectivity index is 1.68. The lowest BCUT2D eigenvalue weighted by Gasteiger charge is -2.08. The molecular formula is C17H12ClFN4O. The van der Waals surface area contributed by atoms with Gasteiger partial charge in [0.1, 0.15) is 17.3 Å². The van der Waals surface area contributed by atoms with E-state index in [4.69, 9.17) is 11.6 Å². The van der Waals surface area contributed by atoms with Gasteiger partial charge in [0.25, 0.3) is 5.91 Å². The second-order valence-electron chi connectivity index (χ2n) is 4.85. The monoisotopic (exact) mass is 342 g/mol. The summed E-state index contributed by atoms with van der Waals surface area (Å²) in [6.45, 7) is 0. The molecule has 0 unspecified atom stereocenters. The van der Waals surface area contributed by atoms with Crippen LogP contribution in [0, 0.1) is 5.82 Å². The van der Waals surface area contributed by atoms with Gasteiger partial charge in [-0.05, 0) is 36.4 Å². The zero-order valence-corrected chi connectivity index (χ0v) is 13.1. The molecule has 1 aromatic heterocycles. The average Bonchev–Trinajstić information content (AvgIpc) is 2.59. The van der Waals surface area contributed by atoms with Crippen LogP contribution in [-0.2, 0) is 0 Å². The molecule has 0 atom stereocenters. The maximum absolute atomic E-state index is 12.9. The molecule has 0 saturated carbocycles. The number of amides is 1. The lowest BCUT2D eigenvalue weighted by atomic mass is 10.3. The molecule has 2 N–H and O–H groups in total. The van der Waals surface area contributed by atoms with Crippen LogP contribution in [0.2, 0.25) is 5.02 Å². The van der Waals surface area contributed by atoms with Crippen LogP contribution < -0.4 is 10.6 Å². The van der Waals surface area contributed by atoms with E-state index >= 15 is 0 Å². The van der Waals surface area contributed by atoms with E-state index in [1.807, 2.05) is 0 Å². The summed E-state index contributed by atoms with van der Waals surface area (Å²) in [5.41, 5.74) is 1.32. The molecule has 2 aromatic carbocycles. The highest BCUT2D eigenvalue weighted by molar-refractivity contribution is 6.33. The van der Waals surface area contributed by atoms with E-state index in [9.17, 15) is 9.18 Å². The third-order valence-corrected chi connectivity index (χ3v) is 3.45. The SMILES string of the molecule is O=C(Nc1ccccc1Cl)c1cnc(Nc2ccc(F)cc2)cn1. The molecule has 1 amide bonds. The van der Waals surface area contributed by atoms with Crippen LogP contribution in [0.1, 0.15) is 10.5 Å². The first-order valence-corrected chi connectivity index (χ1v) is 7.40. The molecule has 3 rings (SSSR count). The van der Waals surface area contributed by atoms with Crippen molar-refractivity contribution >= 4 is 34.7 Å². The number of nitrogens with one attached hydrogen (secondary N) is 2. The fourth-order valence-electron chi connectivity index (χ4n) is 1.94. The van der Waals surface area contributed by atoms with Crippen LogP contribution in [0.25, 0.3) is 0 Å². The van der Waals surface area contributed by atoms with Gasteiger partial charge in [-0.1, -0.05) is 23.7 Å². The van der Waals surface area contributed by atoms with Gasteiger partial charge in [0, 0.05) is 5.69 Å². The summed E-state index contributed by atoms with van der Waals surface area (Å²) in [5, 5.41) is 6.07. The predicted octanol–water partition coefficient (Wildman–Crippen LogP) is 4.27. The third-order valence-electron chi connectivity index (χ3n) is 3.12. The summed E-state index contributed by atoms with van der Waals surface area (Å²) in [7, 11) is 0. The number of halogens is 2. The maximum atomic E-state index is 12.9. The Bertz CT molecular complexity index is 853. The van der Waals surface area contributed by atoms with Crippen molar-refractivity contribution in [1.82, 2.24) is 9.97 Å². The number of hydrogen-bond donors (Lipinski definition) is 2. The van der Waals surface area contributed by atoms with E-state index in [0.717, 1.165) is 0 Å². The van der Waals surface area contributed by atoms with E-state index in [2.05, 4.69) is 20.6 Å². The highest BCUT2D eigenvalue weighted by Crippen LogP contribution is 2.21. The molecule has 0 fully saturated rings. The normalized spacial score (nSPS) is 10.2. The van der Waals surface area contributed by atoms with E-state index in [1.165, 1.54) is 24.5 Å². The molecule has 7 heteroatoms. The summed E-state index contributed by atoms with van der Waals surface area (Å²) in [6, 6.07) is 12.7. The van der Waals surface area contributed by atoms with Crippen LogP contribution in [0.4, 0.5) is 21.6 Å². The number of aromatic nitrogens is 2. The van der Waals surface area contributed by atoms with E-state index in [-0.39, 0.29) is 11.5 Å². The van der Waals surface area contributed by atoms with Crippen LogP contribution in [0.15, 0.2) is 60.9 Å². The largest absolute Gasteiger partial charge is 0.339 e. The fraction of sp³-hybridized carbons (Fsp3) is 0. The molecule has 0 aliphatic heterocycles. The van der Waals surface area contributed by atoms with Gasteiger partial charge in [0.15, 0.2) is 0 Å². The van der Waals surface area contributed by atoms with Crippen molar-refractivity contribution in [2.24, 2.45) is 0 Å². The van der Waals surface area contributed by atoms with Gasteiger partial charge in [-0.25, -0.2) is 14.4 Å². The number of hydrogen-bond acceptors (Lipinski definition) is 4. The van der Waals surface area contributed by atoms with Gasteiger partial charge in [-0.2, -0.15) is 0 Å². The van der Waals surface area contributed by atoms with Gasteiger partial charge in [0.05, 0.1) is 23.1 Å². The molecule has 120 valence electrons. The standard InChI is InChI=1S/C17H12ClFN4O/c18-13-3-1-2-4-14(13)23-17(24)15-9-21-16(10-20-15)22-12-7-5-11(19)6-8-12/h1-10H,(H,21,22)(H,23,24). The molecule has 0 spiro atoms. The zero-order valence-electron chi connectivity index (χ0n) is 12.3. The fourth-order valence-corrected chi connectivity index (χ4v) is 2.12. The summed E-state index contributed by atoms with van der Waals surface area (Å²) >= 11 is 5.99. The molecule has 0 aliphatic carbocycles. The summed E-state index contributed by atoms with van der Waals surface area (Å²) < 4.78 is 12.9. The van der Waals surface area contributed by atoms with Crippen molar-refractivity contribution in [3.05, 3.63) is 77.5 Å². The number of para-hydroxylation sites is 1. The smallest absolute Gasteiger partial charge is 0.275 e. The number of rotatable bonds is 4. The van der Waals surface area contributed by atoms with Crippen LogP contribution in [-0.4, -0.2) is 15.9 Å². The molecule has 24 heavy (non-hydrogen) atoms. The van der Waals surface area contributed by atoms with Crippen molar-refractivity contribution in [1.29, 1.82) is 0 Å². The molecular weight excluding hydrogens is 331 g/mol. The van der Waals surface area contributed by atoms with Gasteiger partial charge in [-0.15, -0.1) is 0 Å². The van der Waals surface area contributed by atoms with Gasteiger partial charge >= 0.3 is 0 Å². The van der Waals surface area contributed by atoms with Gasteiger partial charge in [0.2, 0.25) is 0 Å². The van der Waals surface area contributed by atoms with Crippen molar-refractivity contribution < 1.29 is 9.18 Å². The molecule has 0 saturated heterocycles. The Morgan fingerprint density at radius 2 is 1.75 bits per heavy atom. The molecule has 5 nitrogen and oxygen atoms in total. The van der Waals surface area contributed by atoms with Crippen molar-refractivity contribution in [2.45, 2.75) is 0 Å². The third kappa shape index (κ3) is 3.85. The second-order valence-corrected chi connectivity index (χ2v) is 5.26. The molecule has 3 aromatic rings. The predicted molar refractivity (Wildman–Crippen MR) is 91.1 cm³/mol. The Hall–Kier alpha value is -2.99. The molecule has 1 heterocycles. The maximum Gasteiger partial charge on any atom is 0.275 e. The first-order valence-electron chi connectivity index (χ1n) is 7.02. The van der Waals surface area contributed by atoms with Crippen LogP contribution >= 0.6 is 11.6 Å². The summed E-state index contributed by atoms with van der Waals surface area (Å²) in [5.74, 6) is -0.293. The van der Waals surface area contributed by atoms with E-state index in [0.29, 0.717) is 22.2 Å². The average molecular weight is 343 g/mol. The van der Waals surface area contributed by atoms with Gasteiger partial charge in [-0.3, -0.25) is 4.79 Å². The first kappa shape index (κ1) is 15.9. The summed E-state index contributed by atoms with van der Waals surface area (Å²) in [6.07, 6.45) is 2.77. The quantitative estimate of drug-likeness (QED) is 0.743. The molecule has 0 bridgehead atoms. The first-order chi connectivity index (χ1) is 11.6. The van der Waals surface area contributed by atoms with Gasteiger partial charge < -0.3 is 10.6 Å². The Morgan fingerprint density at radius 3 is 2.42 bits per heavy atom. The highest BCUT2D eigenvalue weighted by atomic mass is 35.5. The van der Waals surface area contributed by atoms with Crippen LogP contribution in [0.3, 0.4) is 0 Å². The number of carbonyl (C=O) groups is 1. The zero-order chi connectivity index (χ0) is 16.9. The van der Waals surface area contributed by atoms with Crippen molar-refractivity contribution in [3.63, 3.8) is 0 Å². The Morgan fingerprint density at radius 1 is 1.00 bits per heavy atom. The van der Waals surface area contributed by atoms with Crippen molar-refractivity contribution in [3.8, 4) is 0 Å². The number of benzene rings is 2. The van der Waals surface area contributed by atoms with Crippen molar-refractivity contribution in [2.75, 3.05) is 10.6 Å². The number of anilines is 3. The minimum Gasteiger partial charge on any atom is -0.339 e. The Labute approximate surface area is 142 Å². The van der Waals surface area contributed by atoms with E-state index < -0.39 is 5.91 Å². The minimum atomic E-state index is -0.413. The Kier molecular flexibility index (Phi) is 4.67. The molecule has 0 radical (unpaired) electrons. The van der Waals surface area contributed by atoms with Crippen LogP contribution in [0.5, 0.6) is 0 Å². The lowest BCUT2D eigenvalue weighted by Crippen LogP contribution is -2.14. The number of carbonyl (C=O) groups excluding carboxylic acids is 1.